The summed E-state index contributed by atoms with van der Waals surface area (Å²) in [6, 6.07) is 0.464. The molecule has 31 heavy (non-hydrogen) atoms. The first-order chi connectivity index (χ1) is 15.1. The van der Waals surface area contributed by atoms with Crippen LogP contribution in [-0.2, 0) is 16.2 Å². The van der Waals surface area contributed by atoms with Crippen LogP contribution in [0.2, 0.25) is 0 Å². The normalized spacial score (nSPS) is 25.9. The first-order valence-electron chi connectivity index (χ1n) is 11.7. The van der Waals surface area contributed by atoms with Crippen molar-refractivity contribution in [2.24, 2.45) is 5.92 Å². The van der Waals surface area contributed by atoms with E-state index in [9.17, 15) is 4.79 Å². The highest BCUT2D eigenvalue weighted by molar-refractivity contribution is 5.96. The van der Waals surface area contributed by atoms with Gasteiger partial charge >= 0.3 is 0 Å². The minimum atomic E-state index is -0.407. The summed E-state index contributed by atoms with van der Waals surface area (Å²) in [6.45, 7) is 5.47. The number of nitrogens with one attached hydrogen (secondary N) is 3. The van der Waals surface area contributed by atoms with Crippen LogP contribution in [0.1, 0.15) is 64.4 Å². The van der Waals surface area contributed by atoms with Crippen LogP contribution in [-0.4, -0.2) is 38.9 Å². The fraction of sp³-hybridized carbons (Fsp3) is 0.609. The summed E-state index contributed by atoms with van der Waals surface area (Å²) in [7, 11) is 0. The molecule has 0 saturated heterocycles. The van der Waals surface area contributed by atoms with Gasteiger partial charge in [0.2, 0.25) is 5.91 Å². The maximum atomic E-state index is 12.1. The lowest BCUT2D eigenvalue weighted by Gasteiger charge is -2.40. The number of fused-ring (bicyclic) bond motifs is 1. The first kappa shape index (κ1) is 20.3. The number of amides is 1. The molecule has 2 aromatic rings. The molecule has 3 N–H and O–H groups in total. The predicted molar refractivity (Wildman–Crippen MR) is 120 cm³/mol. The summed E-state index contributed by atoms with van der Waals surface area (Å²) in [5.41, 5.74) is 6.65. The van der Waals surface area contributed by atoms with Crippen molar-refractivity contribution in [1.82, 2.24) is 25.6 Å². The highest BCUT2D eigenvalue weighted by Gasteiger charge is 2.50. The van der Waals surface area contributed by atoms with Crippen LogP contribution in [0.15, 0.2) is 18.5 Å². The van der Waals surface area contributed by atoms with Gasteiger partial charge in [0.25, 0.3) is 0 Å². The lowest BCUT2D eigenvalue weighted by atomic mass is 9.70. The number of hydrogen-bond acceptors (Lipinski definition) is 6. The quantitative estimate of drug-likeness (QED) is 0.659. The standard InChI is InChI=1S/C23H32N6O2/c1-3-24-22(30)15-10-23(11-15)12-19(28-31-23)17-13-25-21-18(14-26-29(21)4-2)20(17)27-16-8-6-5-7-9-16/h12-16,28H,3-11H2,1-2H3,(H,24,30)(H,25,27). The maximum absolute atomic E-state index is 12.1. The number of aryl methyl sites for hydroxylation is 1. The molecular formula is C23H32N6O2. The summed E-state index contributed by atoms with van der Waals surface area (Å²) in [6.07, 6.45) is 13.6. The van der Waals surface area contributed by atoms with E-state index in [1.54, 1.807) is 0 Å². The Morgan fingerprint density at radius 1 is 1.26 bits per heavy atom. The molecule has 5 rings (SSSR count). The number of hydroxylamine groups is 1. The Morgan fingerprint density at radius 2 is 2.06 bits per heavy atom. The highest BCUT2D eigenvalue weighted by atomic mass is 16.7. The lowest BCUT2D eigenvalue weighted by molar-refractivity contribution is -0.146. The van der Waals surface area contributed by atoms with Crippen molar-refractivity contribution in [2.45, 2.75) is 77.0 Å². The van der Waals surface area contributed by atoms with Gasteiger partial charge in [0, 0.05) is 36.8 Å². The topological polar surface area (TPSA) is 93.1 Å². The van der Waals surface area contributed by atoms with E-state index in [-0.39, 0.29) is 11.8 Å². The van der Waals surface area contributed by atoms with Crippen LogP contribution in [0.4, 0.5) is 5.69 Å². The number of pyridine rings is 1. The third kappa shape index (κ3) is 3.67. The number of rotatable bonds is 6. The Kier molecular flexibility index (Phi) is 5.33. The highest BCUT2D eigenvalue weighted by Crippen LogP contribution is 2.47. The SMILES string of the molecule is CCNC(=O)C1CC2(C=C(c3cnc4c(cnn4CC)c3NC3CCCCC3)NO2)C1. The Morgan fingerprint density at radius 3 is 2.81 bits per heavy atom. The summed E-state index contributed by atoms with van der Waals surface area (Å²) in [4.78, 5) is 22.8. The summed E-state index contributed by atoms with van der Waals surface area (Å²) in [5, 5.41) is 12.3. The zero-order valence-corrected chi connectivity index (χ0v) is 18.4. The lowest BCUT2D eigenvalue weighted by Crippen LogP contribution is -2.50. The molecule has 8 heteroatoms. The summed E-state index contributed by atoms with van der Waals surface area (Å²) >= 11 is 0. The van der Waals surface area contributed by atoms with E-state index in [0.717, 1.165) is 34.5 Å². The first-order valence-corrected chi connectivity index (χ1v) is 11.7. The van der Waals surface area contributed by atoms with E-state index >= 15 is 0 Å². The predicted octanol–water partition coefficient (Wildman–Crippen LogP) is 3.36. The molecule has 2 fully saturated rings. The van der Waals surface area contributed by atoms with Gasteiger partial charge in [0.15, 0.2) is 5.65 Å². The van der Waals surface area contributed by atoms with Gasteiger partial charge < -0.3 is 10.6 Å². The molecule has 1 spiro atoms. The number of aromatic nitrogens is 3. The number of hydrogen-bond donors (Lipinski definition) is 3. The van der Waals surface area contributed by atoms with Crippen molar-refractivity contribution < 1.29 is 9.63 Å². The molecule has 2 aliphatic carbocycles. The van der Waals surface area contributed by atoms with Crippen LogP contribution >= 0.6 is 0 Å². The summed E-state index contributed by atoms with van der Waals surface area (Å²) in [5.74, 6) is 0.133. The van der Waals surface area contributed by atoms with Crippen molar-refractivity contribution >= 4 is 28.3 Å². The monoisotopic (exact) mass is 424 g/mol. The maximum Gasteiger partial charge on any atom is 0.223 e. The minimum Gasteiger partial charge on any atom is -0.381 e. The van der Waals surface area contributed by atoms with Crippen LogP contribution in [0.25, 0.3) is 16.7 Å². The Hall–Kier alpha value is -2.61. The largest absolute Gasteiger partial charge is 0.381 e. The van der Waals surface area contributed by atoms with Gasteiger partial charge in [-0.2, -0.15) is 5.10 Å². The molecular weight excluding hydrogens is 392 g/mol. The third-order valence-electron chi connectivity index (χ3n) is 6.89. The van der Waals surface area contributed by atoms with Crippen LogP contribution in [0.3, 0.4) is 0 Å². The molecule has 0 unspecified atom stereocenters. The number of carbonyl (C=O) groups is 1. The molecule has 1 amide bonds. The average Bonchev–Trinajstić information content (AvgIpc) is 3.38. The van der Waals surface area contributed by atoms with Crippen molar-refractivity contribution in [2.75, 3.05) is 11.9 Å². The molecule has 0 radical (unpaired) electrons. The van der Waals surface area contributed by atoms with Crippen molar-refractivity contribution in [3.8, 4) is 0 Å². The Labute approximate surface area is 182 Å². The molecule has 0 atom stereocenters. The van der Waals surface area contributed by atoms with E-state index < -0.39 is 5.60 Å². The Bertz CT molecular complexity index is 1000. The molecule has 3 aliphatic rings. The van der Waals surface area contributed by atoms with Crippen LogP contribution in [0, 0.1) is 5.92 Å². The van der Waals surface area contributed by atoms with Crippen LogP contribution in [0.5, 0.6) is 0 Å². The Balaban J connectivity index is 1.45. The van der Waals surface area contributed by atoms with Gasteiger partial charge in [-0.3, -0.25) is 15.1 Å². The molecule has 1 aliphatic heterocycles. The smallest absolute Gasteiger partial charge is 0.223 e. The molecule has 2 aromatic heterocycles. The van der Waals surface area contributed by atoms with Crippen molar-refractivity contribution in [1.29, 1.82) is 0 Å². The van der Waals surface area contributed by atoms with E-state index in [4.69, 9.17) is 9.82 Å². The van der Waals surface area contributed by atoms with Gasteiger partial charge in [-0.15, -0.1) is 0 Å². The molecule has 0 aromatic carbocycles. The minimum absolute atomic E-state index is 0.0144. The zero-order chi connectivity index (χ0) is 21.4. The van der Waals surface area contributed by atoms with E-state index in [2.05, 4.69) is 34.2 Å². The third-order valence-corrected chi connectivity index (χ3v) is 6.89. The molecule has 166 valence electrons. The second-order valence-corrected chi connectivity index (χ2v) is 9.05. The number of nitrogens with zero attached hydrogens (tertiary/aromatic N) is 3. The van der Waals surface area contributed by atoms with Gasteiger partial charge in [-0.1, -0.05) is 19.3 Å². The van der Waals surface area contributed by atoms with Gasteiger partial charge in [0.05, 0.1) is 23.0 Å². The second-order valence-electron chi connectivity index (χ2n) is 9.05. The van der Waals surface area contributed by atoms with Crippen molar-refractivity contribution in [3.63, 3.8) is 0 Å². The fourth-order valence-electron chi connectivity index (χ4n) is 5.16. The number of anilines is 1. The number of carbonyl (C=O) groups excluding carboxylic acids is 1. The van der Waals surface area contributed by atoms with Gasteiger partial charge in [-0.25, -0.2) is 9.67 Å². The molecule has 2 saturated carbocycles. The average molecular weight is 425 g/mol. The van der Waals surface area contributed by atoms with E-state index in [1.165, 1.54) is 32.1 Å². The second kappa shape index (κ2) is 8.15. The fourth-order valence-corrected chi connectivity index (χ4v) is 5.16. The van der Waals surface area contributed by atoms with Crippen molar-refractivity contribution in [3.05, 3.63) is 24.0 Å². The van der Waals surface area contributed by atoms with Gasteiger partial charge in [-0.05, 0) is 45.6 Å². The summed E-state index contributed by atoms with van der Waals surface area (Å²) < 4.78 is 1.93. The van der Waals surface area contributed by atoms with E-state index in [1.807, 2.05) is 24.0 Å². The zero-order valence-electron chi connectivity index (χ0n) is 18.4. The molecule has 3 heterocycles. The molecule has 8 nitrogen and oxygen atoms in total. The van der Waals surface area contributed by atoms with Crippen LogP contribution < -0.4 is 16.1 Å². The van der Waals surface area contributed by atoms with E-state index in [0.29, 0.717) is 25.4 Å². The van der Waals surface area contributed by atoms with Gasteiger partial charge in [0.1, 0.15) is 5.60 Å². The molecule has 0 bridgehead atoms.